The molecule has 0 aromatic carbocycles. The van der Waals surface area contributed by atoms with Crippen LogP contribution in [0.4, 0.5) is 0 Å². The van der Waals surface area contributed by atoms with Gasteiger partial charge < -0.3 is 15.5 Å². The Kier molecular flexibility index (Phi) is 4.16. The molecule has 78 valence electrons. The molecule has 1 fully saturated rings. The summed E-state index contributed by atoms with van der Waals surface area (Å²) in [5.74, 6) is 0.586. The van der Waals surface area contributed by atoms with Gasteiger partial charge in [0.05, 0.1) is 0 Å². The molecular formula is C10H21NO2. The van der Waals surface area contributed by atoms with Crippen LogP contribution in [0.25, 0.3) is 0 Å². The van der Waals surface area contributed by atoms with Gasteiger partial charge in [0.1, 0.15) is 0 Å². The van der Waals surface area contributed by atoms with Crippen molar-refractivity contribution in [2.45, 2.75) is 38.8 Å². The maximum atomic E-state index is 9.08. The van der Waals surface area contributed by atoms with Gasteiger partial charge in [0.2, 0.25) is 0 Å². The highest BCUT2D eigenvalue weighted by Gasteiger charge is 2.33. The van der Waals surface area contributed by atoms with E-state index in [0.29, 0.717) is 23.9 Å². The van der Waals surface area contributed by atoms with Gasteiger partial charge in [0.15, 0.2) is 0 Å². The van der Waals surface area contributed by atoms with Crippen molar-refractivity contribution in [3.63, 3.8) is 0 Å². The van der Waals surface area contributed by atoms with Crippen LogP contribution in [0.3, 0.4) is 0 Å². The minimum Gasteiger partial charge on any atom is -0.396 e. The van der Waals surface area contributed by atoms with Crippen molar-refractivity contribution in [1.29, 1.82) is 0 Å². The van der Waals surface area contributed by atoms with E-state index in [0.717, 1.165) is 12.8 Å². The molecule has 3 N–H and O–H groups in total. The molecule has 0 aromatic heterocycles. The monoisotopic (exact) mass is 187 g/mol. The molecule has 0 unspecified atom stereocenters. The second kappa shape index (κ2) is 4.94. The van der Waals surface area contributed by atoms with Crippen LogP contribution in [-0.2, 0) is 0 Å². The average molecular weight is 187 g/mol. The molecule has 0 spiro atoms. The Labute approximate surface area is 80.2 Å². The number of rotatable bonds is 4. The summed E-state index contributed by atoms with van der Waals surface area (Å²) in [6.07, 6.45) is 2.00. The van der Waals surface area contributed by atoms with Crippen molar-refractivity contribution in [3.8, 4) is 0 Å². The lowest BCUT2D eigenvalue weighted by atomic mass is 9.98. The molecule has 3 nitrogen and oxygen atoms in total. The second-order valence-corrected chi connectivity index (χ2v) is 4.38. The fourth-order valence-electron chi connectivity index (χ4n) is 2.27. The van der Waals surface area contributed by atoms with Crippen LogP contribution in [0.1, 0.15) is 26.7 Å². The molecule has 0 radical (unpaired) electrons. The van der Waals surface area contributed by atoms with E-state index in [1.807, 2.05) is 0 Å². The third kappa shape index (κ3) is 2.93. The van der Waals surface area contributed by atoms with E-state index in [1.165, 1.54) is 0 Å². The lowest BCUT2D eigenvalue weighted by Gasteiger charge is -2.15. The highest BCUT2D eigenvalue weighted by molar-refractivity contribution is 4.87. The topological polar surface area (TPSA) is 52.5 Å². The summed E-state index contributed by atoms with van der Waals surface area (Å²) in [7, 11) is 0. The Hall–Kier alpha value is -0.120. The fourth-order valence-corrected chi connectivity index (χ4v) is 2.27. The predicted molar refractivity (Wildman–Crippen MR) is 52.4 cm³/mol. The van der Waals surface area contributed by atoms with Gasteiger partial charge in [-0.15, -0.1) is 0 Å². The van der Waals surface area contributed by atoms with E-state index in [2.05, 4.69) is 19.2 Å². The normalized spacial score (nSPS) is 34.4. The molecule has 3 heteroatoms. The summed E-state index contributed by atoms with van der Waals surface area (Å²) >= 11 is 0. The summed E-state index contributed by atoms with van der Waals surface area (Å²) < 4.78 is 0. The summed E-state index contributed by atoms with van der Waals surface area (Å²) in [5.41, 5.74) is 0. The Bertz CT molecular complexity index is 138. The highest BCUT2D eigenvalue weighted by atomic mass is 16.3. The molecular weight excluding hydrogens is 166 g/mol. The van der Waals surface area contributed by atoms with E-state index >= 15 is 0 Å². The number of hydrogen-bond acceptors (Lipinski definition) is 3. The first-order valence-electron chi connectivity index (χ1n) is 5.15. The third-order valence-corrected chi connectivity index (χ3v) is 2.88. The zero-order valence-corrected chi connectivity index (χ0v) is 8.53. The van der Waals surface area contributed by atoms with Gasteiger partial charge >= 0.3 is 0 Å². The quantitative estimate of drug-likeness (QED) is 0.596. The molecule has 1 aliphatic carbocycles. The molecule has 0 aliphatic heterocycles. The smallest absolute Gasteiger partial charge is 0.0463 e. The third-order valence-electron chi connectivity index (χ3n) is 2.88. The number of hydrogen-bond donors (Lipinski definition) is 3. The summed E-state index contributed by atoms with van der Waals surface area (Å²) in [6.45, 7) is 4.67. The maximum Gasteiger partial charge on any atom is 0.0463 e. The number of aliphatic hydroxyl groups excluding tert-OH is 2. The van der Waals surface area contributed by atoms with Gasteiger partial charge in [-0.25, -0.2) is 0 Å². The first-order chi connectivity index (χ1) is 6.17. The van der Waals surface area contributed by atoms with Crippen molar-refractivity contribution in [3.05, 3.63) is 0 Å². The molecule has 0 amide bonds. The summed E-state index contributed by atoms with van der Waals surface area (Å²) in [5, 5.41) is 21.6. The second-order valence-electron chi connectivity index (χ2n) is 4.38. The summed E-state index contributed by atoms with van der Waals surface area (Å²) in [4.78, 5) is 0. The van der Waals surface area contributed by atoms with Crippen LogP contribution >= 0.6 is 0 Å². The van der Waals surface area contributed by atoms with E-state index in [1.54, 1.807) is 0 Å². The van der Waals surface area contributed by atoms with Gasteiger partial charge in [0.25, 0.3) is 0 Å². The fraction of sp³-hybridized carbons (Fsp3) is 1.00. The first-order valence-corrected chi connectivity index (χ1v) is 5.15. The van der Waals surface area contributed by atoms with Crippen molar-refractivity contribution in [2.24, 2.45) is 11.8 Å². The van der Waals surface area contributed by atoms with E-state index in [4.69, 9.17) is 10.2 Å². The minimum absolute atomic E-state index is 0.210. The van der Waals surface area contributed by atoms with E-state index in [-0.39, 0.29) is 13.2 Å². The molecule has 0 heterocycles. The highest BCUT2D eigenvalue weighted by Crippen LogP contribution is 2.31. The molecule has 0 saturated heterocycles. The zero-order valence-electron chi connectivity index (χ0n) is 8.53. The Morgan fingerprint density at radius 2 is 1.62 bits per heavy atom. The zero-order chi connectivity index (χ0) is 9.84. The van der Waals surface area contributed by atoms with Gasteiger partial charge in [-0.1, -0.05) is 13.8 Å². The van der Waals surface area contributed by atoms with Crippen LogP contribution in [0.5, 0.6) is 0 Å². The molecule has 0 aromatic rings. The van der Waals surface area contributed by atoms with Crippen LogP contribution in [-0.4, -0.2) is 35.5 Å². The van der Waals surface area contributed by atoms with E-state index in [9.17, 15) is 0 Å². The SMILES string of the molecule is CC(C)N[C@@H]1C[C@@H](CO)[C@@H](CO)C1. The van der Waals surface area contributed by atoms with Gasteiger partial charge in [-0.05, 0) is 24.7 Å². The average Bonchev–Trinajstić information content (AvgIpc) is 2.45. The number of nitrogens with one attached hydrogen (secondary N) is 1. The largest absolute Gasteiger partial charge is 0.396 e. The summed E-state index contributed by atoms with van der Waals surface area (Å²) in [6, 6.07) is 0.969. The lowest BCUT2D eigenvalue weighted by molar-refractivity contribution is 0.141. The van der Waals surface area contributed by atoms with Crippen molar-refractivity contribution in [1.82, 2.24) is 5.32 Å². The lowest BCUT2D eigenvalue weighted by Crippen LogP contribution is -2.33. The van der Waals surface area contributed by atoms with Crippen LogP contribution in [0, 0.1) is 11.8 Å². The van der Waals surface area contributed by atoms with Gasteiger partial charge in [-0.2, -0.15) is 0 Å². The molecule has 1 aliphatic rings. The Morgan fingerprint density at radius 3 is 1.92 bits per heavy atom. The van der Waals surface area contributed by atoms with Crippen LogP contribution in [0.15, 0.2) is 0 Å². The van der Waals surface area contributed by atoms with Gasteiger partial charge in [-0.3, -0.25) is 0 Å². The maximum absolute atomic E-state index is 9.08. The Balaban J connectivity index is 2.38. The molecule has 1 rings (SSSR count). The molecule has 13 heavy (non-hydrogen) atoms. The standard InChI is InChI=1S/C10H21NO2/c1-7(2)11-10-3-8(5-12)9(4-10)6-13/h7-13H,3-6H2,1-2H3/t8-,9+,10+. The van der Waals surface area contributed by atoms with Crippen LogP contribution in [0.2, 0.25) is 0 Å². The van der Waals surface area contributed by atoms with Crippen LogP contribution < -0.4 is 5.32 Å². The molecule has 0 bridgehead atoms. The van der Waals surface area contributed by atoms with E-state index < -0.39 is 0 Å². The van der Waals surface area contributed by atoms with Gasteiger partial charge in [0, 0.05) is 25.3 Å². The van der Waals surface area contributed by atoms with Crippen molar-refractivity contribution < 1.29 is 10.2 Å². The number of aliphatic hydroxyl groups is 2. The first kappa shape index (κ1) is 11.0. The predicted octanol–water partition coefficient (Wildman–Crippen LogP) is 0.364. The molecule has 1 saturated carbocycles. The Morgan fingerprint density at radius 1 is 1.15 bits per heavy atom. The van der Waals surface area contributed by atoms with Crippen molar-refractivity contribution in [2.75, 3.05) is 13.2 Å². The minimum atomic E-state index is 0.210. The molecule has 3 atom stereocenters. The van der Waals surface area contributed by atoms with Crippen molar-refractivity contribution >= 4 is 0 Å².